The molecular weight excluding hydrogens is 326 g/mol. The zero-order valence-corrected chi connectivity index (χ0v) is 13.0. The summed E-state index contributed by atoms with van der Waals surface area (Å²) in [5.41, 5.74) is -0.797. The molecule has 1 atom stereocenters. The van der Waals surface area contributed by atoms with Crippen molar-refractivity contribution in [1.82, 2.24) is 14.8 Å². The van der Waals surface area contributed by atoms with Crippen LogP contribution in [0.5, 0.6) is 0 Å². The molecule has 3 rings (SSSR count). The van der Waals surface area contributed by atoms with Crippen molar-refractivity contribution >= 4 is 23.4 Å². The van der Waals surface area contributed by atoms with E-state index in [0.717, 1.165) is 36.7 Å². The van der Waals surface area contributed by atoms with Gasteiger partial charge in [0, 0.05) is 6.04 Å². The number of amides is 1. The van der Waals surface area contributed by atoms with E-state index in [9.17, 15) is 18.4 Å². The first-order valence-electron chi connectivity index (χ1n) is 7.06. The van der Waals surface area contributed by atoms with E-state index in [1.807, 2.05) is 0 Å². The number of benzene rings is 1. The Morgan fingerprint density at radius 2 is 2.09 bits per heavy atom. The molecule has 1 saturated carbocycles. The lowest BCUT2D eigenvalue weighted by Gasteiger charge is -2.12. The fourth-order valence-corrected chi connectivity index (χ4v) is 3.01. The molecule has 2 N–H and O–H groups in total. The maximum absolute atomic E-state index is 13.6. The van der Waals surface area contributed by atoms with E-state index in [1.54, 1.807) is 6.92 Å². The van der Waals surface area contributed by atoms with Crippen LogP contribution >= 0.6 is 11.8 Å². The smallest absolute Gasteiger partial charge is 0.320 e. The van der Waals surface area contributed by atoms with Crippen LogP contribution in [0.2, 0.25) is 0 Å². The predicted molar refractivity (Wildman–Crippen MR) is 81.4 cm³/mol. The monoisotopic (exact) mass is 340 g/mol. The first kappa shape index (κ1) is 15.7. The molecule has 1 heterocycles. The molecule has 0 unspecified atom stereocenters. The van der Waals surface area contributed by atoms with Crippen molar-refractivity contribution in [2.24, 2.45) is 0 Å². The Balaban J connectivity index is 1.72. The van der Waals surface area contributed by atoms with Gasteiger partial charge in [-0.3, -0.25) is 9.36 Å². The quantitative estimate of drug-likeness (QED) is 0.819. The number of hydrogen-bond donors (Lipinski definition) is 2. The third-order valence-corrected chi connectivity index (χ3v) is 4.51. The molecule has 0 aliphatic heterocycles. The molecule has 0 radical (unpaired) electrons. The first-order valence-corrected chi connectivity index (χ1v) is 7.93. The standard InChI is InChI=1S/C14H14F2N4O2S/c1-7(12(21)17-11-9(15)3-2-4-10(11)16)23-14-19-18-13(22)20(14)8-5-6-8/h2-4,7-8H,5-6H2,1H3,(H,17,21)(H,18,22)/t7-/m0/s1. The van der Waals surface area contributed by atoms with Crippen molar-refractivity contribution in [1.29, 1.82) is 0 Å². The van der Waals surface area contributed by atoms with E-state index < -0.39 is 28.5 Å². The van der Waals surface area contributed by atoms with Crippen LogP contribution in [0, 0.1) is 11.6 Å². The zero-order valence-electron chi connectivity index (χ0n) is 12.2. The number of aromatic amines is 1. The first-order chi connectivity index (χ1) is 11.0. The molecule has 1 fully saturated rings. The molecule has 6 nitrogen and oxygen atoms in total. The average Bonchev–Trinajstić information content (AvgIpc) is 3.27. The number of para-hydroxylation sites is 1. The Morgan fingerprint density at radius 3 is 2.70 bits per heavy atom. The summed E-state index contributed by atoms with van der Waals surface area (Å²) in [4.78, 5) is 23.8. The van der Waals surface area contributed by atoms with E-state index in [4.69, 9.17) is 0 Å². The summed E-state index contributed by atoms with van der Waals surface area (Å²) in [6, 6.07) is 3.46. The highest BCUT2D eigenvalue weighted by Gasteiger charge is 2.30. The second kappa shape index (κ2) is 6.15. The van der Waals surface area contributed by atoms with Crippen molar-refractivity contribution in [3.8, 4) is 0 Å². The van der Waals surface area contributed by atoms with Crippen LogP contribution in [0.15, 0.2) is 28.2 Å². The minimum atomic E-state index is -0.842. The number of nitrogens with one attached hydrogen (secondary N) is 2. The Bertz CT molecular complexity index is 780. The Hall–Kier alpha value is -2.16. The SMILES string of the molecule is C[C@H](Sc1n[nH]c(=O)n1C1CC1)C(=O)Nc1c(F)cccc1F. The summed E-state index contributed by atoms with van der Waals surface area (Å²) in [6.07, 6.45) is 1.79. The Kier molecular flexibility index (Phi) is 4.20. The number of thioether (sulfide) groups is 1. The lowest BCUT2D eigenvalue weighted by Crippen LogP contribution is -2.24. The molecule has 122 valence electrons. The molecule has 0 spiro atoms. The van der Waals surface area contributed by atoms with E-state index in [2.05, 4.69) is 15.5 Å². The van der Waals surface area contributed by atoms with Gasteiger partial charge in [0.05, 0.1) is 5.25 Å². The molecule has 1 aliphatic rings. The minimum Gasteiger partial charge on any atom is -0.320 e. The molecule has 1 aliphatic carbocycles. The van der Waals surface area contributed by atoms with E-state index in [-0.39, 0.29) is 11.7 Å². The average molecular weight is 340 g/mol. The fraction of sp³-hybridized carbons (Fsp3) is 0.357. The number of H-pyrrole nitrogens is 1. The molecular formula is C14H14F2N4O2S. The molecule has 0 bridgehead atoms. The van der Waals surface area contributed by atoms with Crippen LogP contribution in [0.25, 0.3) is 0 Å². The molecule has 9 heteroatoms. The van der Waals surface area contributed by atoms with Gasteiger partial charge >= 0.3 is 5.69 Å². The second-order valence-corrected chi connectivity index (χ2v) is 6.57. The third-order valence-electron chi connectivity index (χ3n) is 3.45. The summed E-state index contributed by atoms with van der Waals surface area (Å²) >= 11 is 1.06. The molecule has 23 heavy (non-hydrogen) atoms. The number of anilines is 1. The largest absolute Gasteiger partial charge is 0.344 e. The summed E-state index contributed by atoms with van der Waals surface area (Å²) in [5.74, 6) is -2.26. The molecule has 2 aromatic rings. The molecule has 0 saturated heterocycles. The summed E-state index contributed by atoms with van der Waals surface area (Å²) in [5, 5.41) is 8.21. The van der Waals surface area contributed by atoms with Crippen molar-refractivity contribution in [3.63, 3.8) is 0 Å². The number of carbonyl (C=O) groups excluding carboxylic acids is 1. The van der Waals surface area contributed by atoms with E-state index in [0.29, 0.717) is 5.16 Å². The number of carbonyl (C=O) groups is 1. The van der Waals surface area contributed by atoms with Crippen LogP contribution in [-0.4, -0.2) is 25.9 Å². The van der Waals surface area contributed by atoms with Gasteiger partial charge in [-0.05, 0) is 31.9 Å². The number of aromatic nitrogens is 3. The van der Waals surface area contributed by atoms with Gasteiger partial charge in [0.25, 0.3) is 0 Å². The van der Waals surface area contributed by atoms with Gasteiger partial charge < -0.3 is 5.32 Å². The Morgan fingerprint density at radius 1 is 1.43 bits per heavy atom. The number of nitrogens with zero attached hydrogens (tertiary/aromatic N) is 2. The summed E-state index contributed by atoms with van der Waals surface area (Å²) in [6.45, 7) is 1.58. The summed E-state index contributed by atoms with van der Waals surface area (Å²) in [7, 11) is 0. The number of halogens is 2. The van der Waals surface area contributed by atoms with Gasteiger partial charge in [-0.2, -0.15) is 0 Å². The van der Waals surface area contributed by atoms with Crippen LogP contribution in [-0.2, 0) is 4.79 Å². The number of rotatable bonds is 5. The molecule has 1 aromatic heterocycles. The van der Waals surface area contributed by atoms with Crippen LogP contribution in [0.3, 0.4) is 0 Å². The van der Waals surface area contributed by atoms with Crippen LogP contribution < -0.4 is 11.0 Å². The highest BCUT2D eigenvalue weighted by atomic mass is 32.2. The van der Waals surface area contributed by atoms with Gasteiger partial charge in [-0.15, -0.1) is 5.10 Å². The van der Waals surface area contributed by atoms with Crippen LogP contribution in [0.1, 0.15) is 25.8 Å². The van der Waals surface area contributed by atoms with Crippen molar-refractivity contribution in [3.05, 3.63) is 40.3 Å². The van der Waals surface area contributed by atoms with Crippen molar-refractivity contribution < 1.29 is 13.6 Å². The normalized spacial score (nSPS) is 15.4. The Labute approximate surface area is 134 Å². The van der Waals surface area contributed by atoms with Gasteiger partial charge in [-0.1, -0.05) is 17.8 Å². The lowest BCUT2D eigenvalue weighted by molar-refractivity contribution is -0.115. The summed E-state index contributed by atoms with van der Waals surface area (Å²) < 4.78 is 28.6. The lowest BCUT2D eigenvalue weighted by atomic mass is 10.3. The number of hydrogen-bond acceptors (Lipinski definition) is 4. The molecule has 1 aromatic carbocycles. The third kappa shape index (κ3) is 3.29. The van der Waals surface area contributed by atoms with Gasteiger partial charge in [0.1, 0.15) is 17.3 Å². The highest BCUT2D eigenvalue weighted by molar-refractivity contribution is 8.00. The van der Waals surface area contributed by atoms with Gasteiger partial charge in [0.15, 0.2) is 5.16 Å². The molecule has 1 amide bonds. The maximum atomic E-state index is 13.6. The van der Waals surface area contributed by atoms with Crippen molar-refractivity contribution in [2.45, 2.75) is 36.2 Å². The fourth-order valence-electron chi connectivity index (χ4n) is 2.08. The topological polar surface area (TPSA) is 79.8 Å². The highest BCUT2D eigenvalue weighted by Crippen LogP contribution is 2.36. The van der Waals surface area contributed by atoms with Gasteiger partial charge in [0.2, 0.25) is 5.91 Å². The maximum Gasteiger partial charge on any atom is 0.344 e. The van der Waals surface area contributed by atoms with Crippen LogP contribution in [0.4, 0.5) is 14.5 Å². The van der Waals surface area contributed by atoms with Crippen molar-refractivity contribution in [2.75, 3.05) is 5.32 Å². The van der Waals surface area contributed by atoms with Gasteiger partial charge in [-0.25, -0.2) is 18.7 Å². The predicted octanol–water partition coefficient (Wildman–Crippen LogP) is 2.30. The minimum absolute atomic E-state index is 0.114. The van der Waals surface area contributed by atoms with E-state index in [1.165, 1.54) is 10.6 Å². The zero-order chi connectivity index (χ0) is 16.6. The second-order valence-electron chi connectivity index (χ2n) is 5.26. The van der Waals surface area contributed by atoms with E-state index >= 15 is 0 Å².